The van der Waals surface area contributed by atoms with Crippen LogP contribution in [0.2, 0.25) is 0 Å². The molecule has 0 saturated heterocycles. The smallest absolute Gasteiger partial charge is 0.337 e. The fraction of sp³-hybridized carbons (Fsp3) is 0.692. The van der Waals surface area contributed by atoms with Crippen LogP contribution in [0, 0.1) is 22.7 Å². The molecule has 0 fully saturated rings. The molecule has 1 rings (SSSR count). The van der Waals surface area contributed by atoms with E-state index in [0.717, 1.165) is 49.8 Å². The molecule has 0 aliphatic heterocycles. The first-order chi connectivity index (χ1) is 14.3. The lowest BCUT2D eigenvalue weighted by atomic mass is 9.64. The monoisotopic (exact) mass is 414 g/mol. The van der Waals surface area contributed by atoms with Crippen LogP contribution in [0.25, 0.3) is 0 Å². The molecule has 0 aromatic heterocycles. The molecule has 0 heterocycles. The highest BCUT2D eigenvalue weighted by molar-refractivity contribution is 5.95. The highest BCUT2D eigenvalue weighted by Crippen LogP contribution is 2.50. The summed E-state index contributed by atoms with van der Waals surface area (Å²) in [5, 5.41) is 20.3. The van der Waals surface area contributed by atoms with Gasteiger partial charge in [-0.05, 0) is 36.8 Å². The van der Waals surface area contributed by atoms with Crippen LogP contribution in [-0.2, 0) is 0 Å². The minimum absolute atomic E-state index is 0.0255. The number of anilines is 1. The topological polar surface area (TPSA) is 64.3 Å². The standard InChI is InChI=1S/C26H42N2O2/c1-7-11-14-20(9-3)18-23(26(10-4,19-27)17-12-8-2)21-15-13-16-22(25(29)30)24(21)28(5)6/h13,15-16,20,23H,7-12,14,17-18H2,1-6H3,(H,29,30). The second-order valence-corrected chi connectivity index (χ2v) is 8.87. The lowest BCUT2D eigenvalue weighted by Crippen LogP contribution is -2.31. The molecule has 1 aromatic rings. The number of carboxylic acids is 1. The van der Waals surface area contributed by atoms with Crippen molar-refractivity contribution < 1.29 is 9.90 Å². The van der Waals surface area contributed by atoms with Crippen LogP contribution >= 0.6 is 0 Å². The molecular formula is C26H42N2O2. The van der Waals surface area contributed by atoms with Crippen LogP contribution in [0.4, 0.5) is 5.69 Å². The number of rotatable bonds is 14. The van der Waals surface area contributed by atoms with Gasteiger partial charge >= 0.3 is 5.97 Å². The average Bonchev–Trinajstić information content (AvgIpc) is 2.75. The third-order valence-corrected chi connectivity index (χ3v) is 6.73. The van der Waals surface area contributed by atoms with Gasteiger partial charge in [0, 0.05) is 20.0 Å². The van der Waals surface area contributed by atoms with Crippen molar-refractivity contribution in [1.82, 2.24) is 0 Å². The predicted octanol–water partition coefficient (Wildman–Crippen LogP) is 7.25. The second kappa shape index (κ2) is 12.6. The fourth-order valence-corrected chi connectivity index (χ4v) is 4.78. The van der Waals surface area contributed by atoms with Crippen LogP contribution in [-0.4, -0.2) is 25.2 Å². The maximum absolute atomic E-state index is 12.0. The van der Waals surface area contributed by atoms with E-state index in [4.69, 9.17) is 0 Å². The number of hydrogen-bond acceptors (Lipinski definition) is 3. The first-order valence-corrected chi connectivity index (χ1v) is 11.8. The van der Waals surface area contributed by atoms with E-state index >= 15 is 0 Å². The minimum Gasteiger partial charge on any atom is -0.478 e. The number of benzene rings is 1. The van der Waals surface area contributed by atoms with Gasteiger partial charge in [0.1, 0.15) is 0 Å². The molecule has 4 heteroatoms. The van der Waals surface area contributed by atoms with E-state index in [1.54, 1.807) is 6.07 Å². The molecule has 4 nitrogen and oxygen atoms in total. The van der Waals surface area contributed by atoms with Crippen molar-refractivity contribution in [3.05, 3.63) is 29.3 Å². The SMILES string of the molecule is CCCCC(CC)CC(c1cccc(C(=O)O)c1N(C)C)C(C#N)(CC)CCCC. The molecular weight excluding hydrogens is 372 g/mol. The molecule has 0 bridgehead atoms. The van der Waals surface area contributed by atoms with Crippen molar-refractivity contribution in [3.8, 4) is 6.07 Å². The van der Waals surface area contributed by atoms with E-state index in [0.29, 0.717) is 11.5 Å². The molecule has 3 unspecified atom stereocenters. The molecule has 30 heavy (non-hydrogen) atoms. The van der Waals surface area contributed by atoms with Gasteiger partial charge in [0.2, 0.25) is 0 Å². The molecule has 1 aromatic carbocycles. The molecule has 168 valence electrons. The van der Waals surface area contributed by atoms with Crippen molar-refractivity contribution >= 4 is 11.7 Å². The first-order valence-electron chi connectivity index (χ1n) is 11.8. The molecule has 0 saturated carbocycles. The van der Waals surface area contributed by atoms with Crippen LogP contribution in [0.15, 0.2) is 18.2 Å². The Morgan fingerprint density at radius 1 is 1.17 bits per heavy atom. The zero-order chi connectivity index (χ0) is 22.7. The van der Waals surface area contributed by atoms with Crippen molar-refractivity contribution in [2.45, 2.75) is 91.4 Å². The van der Waals surface area contributed by atoms with Gasteiger partial charge in [-0.3, -0.25) is 0 Å². The van der Waals surface area contributed by atoms with Crippen molar-refractivity contribution in [2.75, 3.05) is 19.0 Å². The summed E-state index contributed by atoms with van der Waals surface area (Å²) in [6.07, 6.45) is 9.26. The van der Waals surface area contributed by atoms with Crippen LogP contribution in [0.5, 0.6) is 0 Å². The number of carboxylic acid groups (broad SMARTS) is 1. The van der Waals surface area contributed by atoms with Crippen molar-refractivity contribution in [2.24, 2.45) is 11.3 Å². The summed E-state index contributed by atoms with van der Waals surface area (Å²) in [7, 11) is 3.81. The van der Waals surface area contributed by atoms with Crippen LogP contribution in [0.1, 0.15) is 107 Å². The molecule has 0 aliphatic carbocycles. The molecule has 0 radical (unpaired) electrons. The molecule has 0 spiro atoms. The Morgan fingerprint density at radius 2 is 1.83 bits per heavy atom. The normalized spacial score (nSPS) is 15.1. The van der Waals surface area contributed by atoms with E-state index in [1.165, 1.54) is 19.3 Å². The van der Waals surface area contributed by atoms with Crippen LogP contribution < -0.4 is 4.90 Å². The zero-order valence-corrected chi connectivity index (χ0v) is 20.0. The summed E-state index contributed by atoms with van der Waals surface area (Å²) >= 11 is 0. The van der Waals surface area contributed by atoms with E-state index in [1.807, 2.05) is 25.1 Å². The molecule has 0 amide bonds. The summed E-state index contributed by atoms with van der Waals surface area (Å²) in [6, 6.07) is 8.33. The number of hydrogen-bond donors (Lipinski definition) is 1. The van der Waals surface area contributed by atoms with Gasteiger partial charge in [0.15, 0.2) is 0 Å². The zero-order valence-electron chi connectivity index (χ0n) is 20.0. The van der Waals surface area contributed by atoms with Gasteiger partial charge in [-0.1, -0.05) is 78.4 Å². The maximum atomic E-state index is 12.0. The predicted molar refractivity (Wildman–Crippen MR) is 126 cm³/mol. The Morgan fingerprint density at radius 3 is 2.30 bits per heavy atom. The summed E-state index contributed by atoms with van der Waals surface area (Å²) in [5.74, 6) is -0.346. The highest BCUT2D eigenvalue weighted by Gasteiger charge is 2.40. The Labute approximate surface area is 184 Å². The lowest BCUT2D eigenvalue weighted by molar-refractivity contribution is 0.0697. The molecule has 3 atom stereocenters. The number of nitriles is 1. The Hall–Kier alpha value is -2.02. The van der Waals surface area contributed by atoms with E-state index in [-0.39, 0.29) is 5.92 Å². The summed E-state index contributed by atoms with van der Waals surface area (Å²) in [4.78, 5) is 13.9. The van der Waals surface area contributed by atoms with Gasteiger partial charge in [0.25, 0.3) is 0 Å². The third-order valence-electron chi connectivity index (χ3n) is 6.73. The Kier molecular flexibility index (Phi) is 10.9. The van der Waals surface area contributed by atoms with E-state index < -0.39 is 11.4 Å². The quantitative estimate of drug-likeness (QED) is 0.348. The fourth-order valence-electron chi connectivity index (χ4n) is 4.78. The number of aromatic carboxylic acids is 1. The van der Waals surface area contributed by atoms with Gasteiger partial charge in [-0.2, -0.15) is 5.26 Å². The summed E-state index contributed by atoms with van der Waals surface area (Å²) < 4.78 is 0. The maximum Gasteiger partial charge on any atom is 0.337 e. The van der Waals surface area contributed by atoms with E-state index in [9.17, 15) is 15.2 Å². The van der Waals surface area contributed by atoms with Gasteiger partial charge in [-0.25, -0.2) is 4.79 Å². The minimum atomic E-state index is -0.912. The van der Waals surface area contributed by atoms with Gasteiger partial charge in [0.05, 0.1) is 22.7 Å². The number of carbonyl (C=O) groups is 1. The molecule has 0 aliphatic rings. The van der Waals surface area contributed by atoms with Crippen molar-refractivity contribution in [1.29, 1.82) is 5.26 Å². The number of nitrogens with zero attached hydrogens (tertiary/aromatic N) is 2. The average molecular weight is 415 g/mol. The Bertz CT molecular complexity index is 707. The lowest BCUT2D eigenvalue weighted by Gasteiger charge is -2.39. The summed E-state index contributed by atoms with van der Waals surface area (Å²) in [5.41, 5.74) is 1.62. The largest absolute Gasteiger partial charge is 0.478 e. The van der Waals surface area contributed by atoms with Gasteiger partial charge in [-0.15, -0.1) is 0 Å². The first kappa shape index (κ1) is 26.0. The highest BCUT2D eigenvalue weighted by atomic mass is 16.4. The van der Waals surface area contributed by atoms with Gasteiger partial charge < -0.3 is 10.0 Å². The third kappa shape index (κ3) is 6.24. The van der Waals surface area contributed by atoms with E-state index in [2.05, 4.69) is 39.8 Å². The second-order valence-electron chi connectivity index (χ2n) is 8.87. The Balaban J connectivity index is 3.67. The van der Waals surface area contributed by atoms with Crippen LogP contribution in [0.3, 0.4) is 0 Å². The number of unbranched alkanes of at least 4 members (excludes halogenated alkanes) is 2. The van der Waals surface area contributed by atoms with Crippen molar-refractivity contribution in [3.63, 3.8) is 0 Å². The summed E-state index contributed by atoms with van der Waals surface area (Å²) in [6.45, 7) is 8.75. The number of para-hydroxylation sites is 1. The molecule has 1 N–H and O–H groups in total.